The third-order valence-electron chi connectivity index (χ3n) is 3.53. The summed E-state index contributed by atoms with van der Waals surface area (Å²) in [5.41, 5.74) is 1.98. The summed E-state index contributed by atoms with van der Waals surface area (Å²) in [7, 11) is 1.64. The number of ether oxygens (including phenoxy) is 2. The van der Waals surface area contributed by atoms with E-state index >= 15 is 0 Å². The van der Waals surface area contributed by atoms with Crippen LogP contribution in [0.15, 0.2) is 66.2 Å². The third kappa shape index (κ3) is 5.19. The Bertz CT molecular complexity index is 857. The molecule has 3 aromatic rings. The second-order valence-electron chi connectivity index (χ2n) is 5.37. The maximum atomic E-state index is 11.8. The molecule has 0 aliphatic rings. The van der Waals surface area contributed by atoms with Crippen molar-refractivity contribution in [3.05, 3.63) is 77.3 Å². The fourth-order valence-electron chi connectivity index (χ4n) is 2.17. The number of carbonyl (C=O) groups is 1. The Labute approximate surface area is 155 Å². The Morgan fingerprint density at radius 1 is 1.12 bits per heavy atom. The lowest BCUT2D eigenvalue weighted by Gasteiger charge is -2.07. The lowest BCUT2D eigenvalue weighted by molar-refractivity contribution is -0.111. The van der Waals surface area contributed by atoms with Gasteiger partial charge >= 0.3 is 0 Å². The van der Waals surface area contributed by atoms with Crippen molar-refractivity contribution in [3.8, 4) is 11.5 Å². The first-order chi connectivity index (χ1) is 12.7. The second kappa shape index (κ2) is 8.82. The van der Waals surface area contributed by atoms with Crippen molar-refractivity contribution in [2.24, 2.45) is 0 Å². The van der Waals surface area contributed by atoms with Crippen molar-refractivity contribution in [2.45, 2.75) is 6.61 Å². The Kier molecular flexibility index (Phi) is 6.01. The predicted molar refractivity (Wildman–Crippen MR) is 104 cm³/mol. The fourth-order valence-corrected chi connectivity index (χ4v) is 2.70. The number of amides is 1. The molecule has 0 aliphatic heterocycles. The molecule has 0 aliphatic carbocycles. The van der Waals surface area contributed by atoms with Gasteiger partial charge < -0.3 is 9.47 Å². The van der Waals surface area contributed by atoms with Gasteiger partial charge in [-0.25, -0.2) is 4.98 Å². The number of anilines is 1. The van der Waals surface area contributed by atoms with E-state index in [-0.39, 0.29) is 5.91 Å². The highest BCUT2D eigenvalue weighted by atomic mass is 32.1. The number of hydrogen-bond acceptors (Lipinski definition) is 5. The van der Waals surface area contributed by atoms with E-state index in [1.54, 1.807) is 19.4 Å². The van der Waals surface area contributed by atoms with Gasteiger partial charge in [0.15, 0.2) is 5.13 Å². The number of aromatic nitrogens is 1. The number of hydrogen-bond donors (Lipinski definition) is 1. The van der Waals surface area contributed by atoms with E-state index < -0.39 is 0 Å². The average Bonchev–Trinajstić information content (AvgIpc) is 3.19. The first-order valence-electron chi connectivity index (χ1n) is 7.97. The van der Waals surface area contributed by atoms with Crippen LogP contribution in [-0.4, -0.2) is 18.0 Å². The molecule has 6 heteroatoms. The standard InChI is InChI=1S/C20H18N2O3S/c1-24-17-7-4-16(5-8-17)14-25-18-9-2-15(3-10-18)6-11-19(23)22-20-21-12-13-26-20/h2-13H,14H2,1H3,(H,21,22,23)/b11-6+. The number of nitrogens with zero attached hydrogens (tertiary/aromatic N) is 1. The molecular formula is C20H18N2O3S. The van der Waals surface area contributed by atoms with E-state index in [4.69, 9.17) is 9.47 Å². The SMILES string of the molecule is COc1ccc(COc2ccc(/C=C/C(=O)Nc3nccs3)cc2)cc1. The van der Waals surface area contributed by atoms with Gasteiger partial charge in [-0.15, -0.1) is 11.3 Å². The summed E-state index contributed by atoms with van der Waals surface area (Å²) in [5, 5.41) is 5.09. The topological polar surface area (TPSA) is 60.5 Å². The number of carbonyl (C=O) groups excluding carboxylic acids is 1. The highest BCUT2D eigenvalue weighted by molar-refractivity contribution is 7.13. The lowest BCUT2D eigenvalue weighted by atomic mass is 10.2. The summed E-state index contributed by atoms with van der Waals surface area (Å²) >= 11 is 1.38. The number of rotatable bonds is 7. The lowest BCUT2D eigenvalue weighted by Crippen LogP contribution is -2.06. The molecule has 0 radical (unpaired) electrons. The van der Waals surface area contributed by atoms with Crippen LogP contribution in [0.3, 0.4) is 0 Å². The third-order valence-corrected chi connectivity index (χ3v) is 4.22. The molecule has 132 valence electrons. The Morgan fingerprint density at radius 3 is 2.50 bits per heavy atom. The molecule has 0 spiro atoms. The molecule has 0 bridgehead atoms. The van der Waals surface area contributed by atoms with E-state index in [9.17, 15) is 4.79 Å². The average molecular weight is 366 g/mol. The van der Waals surface area contributed by atoms with E-state index in [1.165, 1.54) is 17.4 Å². The zero-order valence-corrected chi connectivity index (χ0v) is 15.0. The van der Waals surface area contributed by atoms with Gasteiger partial charge in [-0.2, -0.15) is 0 Å². The number of thiazole rings is 1. The summed E-state index contributed by atoms with van der Waals surface area (Å²) < 4.78 is 10.9. The first-order valence-corrected chi connectivity index (χ1v) is 8.85. The molecule has 1 heterocycles. The van der Waals surface area contributed by atoms with Crippen molar-refractivity contribution >= 4 is 28.5 Å². The maximum Gasteiger partial charge on any atom is 0.250 e. The molecule has 1 N–H and O–H groups in total. The molecule has 26 heavy (non-hydrogen) atoms. The Hall–Kier alpha value is -3.12. The van der Waals surface area contributed by atoms with Gasteiger partial charge in [0.2, 0.25) is 5.91 Å². The minimum absolute atomic E-state index is 0.209. The molecule has 5 nitrogen and oxygen atoms in total. The number of benzene rings is 2. The van der Waals surface area contributed by atoms with Crippen molar-refractivity contribution in [1.29, 1.82) is 0 Å². The van der Waals surface area contributed by atoms with Gasteiger partial charge in [0.05, 0.1) is 7.11 Å². The van der Waals surface area contributed by atoms with Gasteiger partial charge in [-0.1, -0.05) is 24.3 Å². The largest absolute Gasteiger partial charge is 0.497 e. The predicted octanol–water partition coefficient (Wildman–Crippen LogP) is 4.38. The van der Waals surface area contributed by atoms with Crippen LogP contribution < -0.4 is 14.8 Å². The summed E-state index contributed by atoms with van der Waals surface area (Å²) in [6, 6.07) is 15.3. The van der Waals surface area contributed by atoms with Crippen LogP contribution in [0.4, 0.5) is 5.13 Å². The summed E-state index contributed by atoms with van der Waals surface area (Å²) in [6.45, 7) is 0.482. The van der Waals surface area contributed by atoms with Crippen LogP contribution >= 0.6 is 11.3 Å². The molecule has 0 fully saturated rings. The van der Waals surface area contributed by atoms with Gasteiger partial charge in [0, 0.05) is 17.7 Å². The van der Waals surface area contributed by atoms with Crippen molar-refractivity contribution in [1.82, 2.24) is 4.98 Å². The van der Waals surface area contributed by atoms with Crippen LogP contribution in [0.2, 0.25) is 0 Å². The minimum atomic E-state index is -0.209. The molecule has 1 aromatic heterocycles. The monoisotopic (exact) mass is 366 g/mol. The summed E-state index contributed by atoms with van der Waals surface area (Å²) in [6.07, 6.45) is 4.87. The number of methoxy groups -OCH3 is 1. The second-order valence-corrected chi connectivity index (χ2v) is 6.26. The molecule has 2 aromatic carbocycles. The van der Waals surface area contributed by atoms with Crippen molar-refractivity contribution < 1.29 is 14.3 Å². The van der Waals surface area contributed by atoms with Gasteiger partial charge in [0.1, 0.15) is 18.1 Å². The van der Waals surface area contributed by atoms with Crippen LogP contribution in [-0.2, 0) is 11.4 Å². The van der Waals surface area contributed by atoms with Crippen LogP contribution in [0.1, 0.15) is 11.1 Å². The van der Waals surface area contributed by atoms with Crippen molar-refractivity contribution in [3.63, 3.8) is 0 Å². The van der Waals surface area contributed by atoms with E-state index in [2.05, 4.69) is 10.3 Å². The van der Waals surface area contributed by atoms with E-state index in [0.717, 1.165) is 22.6 Å². The molecule has 0 saturated heterocycles. The summed E-state index contributed by atoms with van der Waals surface area (Å²) in [5.74, 6) is 1.38. The first kappa shape index (κ1) is 17.7. The van der Waals surface area contributed by atoms with E-state index in [0.29, 0.717) is 11.7 Å². The van der Waals surface area contributed by atoms with Crippen LogP contribution in [0, 0.1) is 0 Å². The minimum Gasteiger partial charge on any atom is -0.497 e. The quantitative estimate of drug-likeness (QED) is 0.630. The highest BCUT2D eigenvalue weighted by Crippen LogP contribution is 2.17. The normalized spacial score (nSPS) is 10.7. The molecule has 0 atom stereocenters. The number of nitrogens with one attached hydrogen (secondary N) is 1. The van der Waals surface area contributed by atoms with E-state index in [1.807, 2.05) is 53.9 Å². The Balaban J connectivity index is 1.51. The highest BCUT2D eigenvalue weighted by Gasteiger charge is 2.00. The molecular weight excluding hydrogens is 348 g/mol. The molecule has 3 rings (SSSR count). The van der Waals surface area contributed by atoms with Gasteiger partial charge in [-0.05, 0) is 41.5 Å². The van der Waals surface area contributed by atoms with Crippen LogP contribution in [0.5, 0.6) is 11.5 Å². The van der Waals surface area contributed by atoms with Crippen molar-refractivity contribution in [2.75, 3.05) is 12.4 Å². The van der Waals surface area contributed by atoms with Crippen LogP contribution in [0.25, 0.3) is 6.08 Å². The molecule has 1 amide bonds. The zero-order valence-electron chi connectivity index (χ0n) is 14.2. The molecule has 0 saturated carbocycles. The Morgan fingerprint density at radius 2 is 1.85 bits per heavy atom. The maximum absolute atomic E-state index is 11.8. The van der Waals surface area contributed by atoms with Gasteiger partial charge in [-0.3, -0.25) is 10.1 Å². The fraction of sp³-hybridized carbons (Fsp3) is 0.100. The molecule has 0 unspecified atom stereocenters. The smallest absolute Gasteiger partial charge is 0.250 e. The van der Waals surface area contributed by atoms with Gasteiger partial charge in [0.25, 0.3) is 0 Å². The zero-order chi connectivity index (χ0) is 18.2. The summed E-state index contributed by atoms with van der Waals surface area (Å²) in [4.78, 5) is 15.8.